The molecule has 18 heavy (non-hydrogen) atoms. The summed E-state index contributed by atoms with van der Waals surface area (Å²) in [5.74, 6) is 0.327. The molecule has 0 unspecified atom stereocenters. The number of phenolic OH excluding ortho intramolecular Hbond substituents is 1. The van der Waals surface area contributed by atoms with E-state index >= 15 is 0 Å². The van der Waals surface area contributed by atoms with Gasteiger partial charge in [-0.1, -0.05) is 12.1 Å². The molecule has 2 N–H and O–H groups in total. The third-order valence-electron chi connectivity index (χ3n) is 3.64. The van der Waals surface area contributed by atoms with E-state index in [-0.39, 0.29) is 6.61 Å². The maximum absolute atomic E-state index is 9.46. The summed E-state index contributed by atoms with van der Waals surface area (Å²) in [6.07, 6.45) is 0.826. The molecule has 1 aliphatic rings. The number of aliphatic hydroxyl groups is 1. The first-order valence-corrected chi connectivity index (χ1v) is 6.50. The van der Waals surface area contributed by atoms with E-state index in [0.29, 0.717) is 11.8 Å². The van der Waals surface area contributed by atoms with Crippen LogP contribution >= 0.6 is 0 Å². The second-order valence-corrected chi connectivity index (χ2v) is 5.05. The Morgan fingerprint density at radius 2 is 2.17 bits per heavy atom. The molecule has 0 aromatic heterocycles. The SMILES string of the molecule is CN1CCN(Cc2cccc(O)c2)C[C@@H]1CCO. The number of phenols is 1. The Morgan fingerprint density at radius 3 is 2.89 bits per heavy atom. The molecule has 0 saturated carbocycles. The van der Waals surface area contributed by atoms with E-state index in [1.54, 1.807) is 6.07 Å². The lowest BCUT2D eigenvalue weighted by atomic mass is 10.1. The number of hydrogen-bond donors (Lipinski definition) is 2. The van der Waals surface area contributed by atoms with Crippen molar-refractivity contribution in [1.29, 1.82) is 0 Å². The predicted octanol–water partition coefficient (Wildman–Crippen LogP) is 0.891. The van der Waals surface area contributed by atoms with Crippen LogP contribution in [0.25, 0.3) is 0 Å². The van der Waals surface area contributed by atoms with Gasteiger partial charge in [-0.3, -0.25) is 4.90 Å². The van der Waals surface area contributed by atoms with E-state index in [4.69, 9.17) is 5.11 Å². The van der Waals surface area contributed by atoms with Crippen molar-refractivity contribution in [3.63, 3.8) is 0 Å². The van der Waals surface area contributed by atoms with Gasteiger partial charge in [0, 0.05) is 38.8 Å². The summed E-state index contributed by atoms with van der Waals surface area (Å²) in [5.41, 5.74) is 1.14. The van der Waals surface area contributed by atoms with Crippen LogP contribution in [-0.2, 0) is 6.54 Å². The number of aromatic hydroxyl groups is 1. The van der Waals surface area contributed by atoms with Gasteiger partial charge in [-0.2, -0.15) is 0 Å². The summed E-state index contributed by atoms with van der Waals surface area (Å²) < 4.78 is 0. The number of piperazine rings is 1. The molecule has 1 aromatic rings. The summed E-state index contributed by atoms with van der Waals surface area (Å²) in [6, 6.07) is 7.87. The number of benzene rings is 1. The summed E-state index contributed by atoms with van der Waals surface area (Å²) in [4.78, 5) is 4.70. The highest BCUT2D eigenvalue weighted by molar-refractivity contribution is 5.27. The van der Waals surface area contributed by atoms with Gasteiger partial charge in [0.1, 0.15) is 5.75 Å². The minimum absolute atomic E-state index is 0.245. The Kier molecular flexibility index (Phi) is 4.58. The standard InChI is InChI=1S/C14H22N2O2/c1-15-6-7-16(11-13(15)5-8-17)10-12-3-2-4-14(18)9-12/h2-4,9,13,17-18H,5-8,10-11H2,1H3/t13-/m0/s1. The third kappa shape index (κ3) is 3.45. The zero-order chi connectivity index (χ0) is 13.0. The topological polar surface area (TPSA) is 46.9 Å². The Hall–Kier alpha value is -1.10. The normalized spacial score (nSPS) is 22.2. The Morgan fingerprint density at radius 1 is 1.33 bits per heavy atom. The van der Waals surface area contributed by atoms with Crippen LogP contribution in [0.15, 0.2) is 24.3 Å². The van der Waals surface area contributed by atoms with Crippen molar-refractivity contribution >= 4 is 0 Å². The van der Waals surface area contributed by atoms with Crippen LogP contribution in [0.1, 0.15) is 12.0 Å². The van der Waals surface area contributed by atoms with Gasteiger partial charge in [-0.05, 0) is 31.2 Å². The van der Waals surface area contributed by atoms with Gasteiger partial charge in [0.15, 0.2) is 0 Å². The molecule has 1 aromatic carbocycles. The van der Waals surface area contributed by atoms with Crippen LogP contribution in [0.5, 0.6) is 5.75 Å². The van der Waals surface area contributed by atoms with Crippen molar-refractivity contribution in [2.24, 2.45) is 0 Å². The molecule has 100 valence electrons. The van der Waals surface area contributed by atoms with Crippen LogP contribution in [0.4, 0.5) is 0 Å². The monoisotopic (exact) mass is 250 g/mol. The second-order valence-electron chi connectivity index (χ2n) is 5.05. The van der Waals surface area contributed by atoms with Crippen molar-refractivity contribution in [3.05, 3.63) is 29.8 Å². The van der Waals surface area contributed by atoms with E-state index in [0.717, 1.165) is 38.2 Å². The van der Waals surface area contributed by atoms with Gasteiger partial charge in [0.05, 0.1) is 0 Å². The molecule has 0 bridgehead atoms. The molecule has 1 aliphatic heterocycles. The molecule has 4 heteroatoms. The van der Waals surface area contributed by atoms with Gasteiger partial charge in [0.25, 0.3) is 0 Å². The molecular weight excluding hydrogens is 228 g/mol. The molecule has 1 heterocycles. The number of aliphatic hydroxyl groups excluding tert-OH is 1. The van der Waals surface area contributed by atoms with E-state index in [1.165, 1.54) is 0 Å². The molecule has 1 atom stereocenters. The first-order chi connectivity index (χ1) is 8.69. The number of nitrogens with zero attached hydrogens (tertiary/aromatic N) is 2. The van der Waals surface area contributed by atoms with Gasteiger partial charge >= 0.3 is 0 Å². The van der Waals surface area contributed by atoms with Crippen LogP contribution < -0.4 is 0 Å². The molecule has 0 spiro atoms. The number of likely N-dealkylation sites (N-methyl/N-ethyl adjacent to an activating group) is 1. The van der Waals surface area contributed by atoms with E-state index < -0.39 is 0 Å². The summed E-state index contributed by atoms with van der Waals surface area (Å²) in [7, 11) is 2.12. The Labute approximate surface area is 108 Å². The van der Waals surface area contributed by atoms with Crippen molar-refractivity contribution in [2.75, 3.05) is 33.3 Å². The molecule has 1 fully saturated rings. The largest absolute Gasteiger partial charge is 0.508 e. The molecular formula is C14H22N2O2. The Balaban J connectivity index is 1.94. The second kappa shape index (κ2) is 6.18. The van der Waals surface area contributed by atoms with Crippen molar-refractivity contribution in [1.82, 2.24) is 9.80 Å². The molecule has 4 nitrogen and oxygen atoms in total. The fourth-order valence-corrected chi connectivity index (χ4v) is 2.53. The van der Waals surface area contributed by atoms with Crippen molar-refractivity contribution in [2.45, 2.75) is 19.0 Å². The summed E-state index contributed by atoms with van der Waals surface area (Å²) in [5, 5.41) is 18.5. The maximum atomic E-state index is 9.46. The first kappa shape index (κ1) is 13.3. The molecule has 0 radical (unpaired) electrons. The molecule has 2 rings (SSSR count). The molecule has 0 aliphatic carbocycles. The fourth-order valence-electron chi connectivity index (χ4n) is 2.53. The van der Waals surface area contributed by atoms with Crippen LogP contribution in [0.2, 0.25) is 0 Å². The highest BCUT2D eigenvalue weighted by atomic mass is 16.3. The van der Waals surface area contributed by atoms with Crippen LogP contribution in [0.3, 0.4) is 0 Å². The average Bonchev–Trinajstić information content (AvgIpc) is 2.34. The predicted molar refractivity (Wildman–Crippen MR) is 71.5 cm³/mol. The quantitative estimate of drug-likeness (QED) is 0.833. The van der Waals surface area contributed by atoms with E-state index in [2.05, 4.69) is 16.8 Å². The number of hydrogen-bond acceptors (Lipinski definition) is 4. The van der Waals surface area contributed by atoms with Gasteiger partial charge in [-0.25, -0.2) is 0 Å². The lowest BCUT2D eigenvalue weighted by Gasteiger charge is -2.39. The lowest BCUT2D eigenvalue weighted by Crippen LogP contribution is -2.51. The van der Waals surface area contributed by atoms with Gasteiger partial charge in [0.2, 0.25) is 0 Å². The van der Waals surface area contributed by atoms with E-state index in [1.807, 2.05) is 18.2 Å². The van der Waals surface area contributed by atoms with Crippen molar-refractivity contribution < 1.29 is 10.2 Å². The minimum atomic E-state index is 0.245. The first-order valence-electron chi connectivity index (χ1n) is 6.50. The molecule has 1 saturated heterocycles. The smallest absolute Gasteiger partial charge is 0.115 e. The van der Waals surface area contributed by atoms with Crippen LogP contribution in [-0.4, -0.2) is 59.3 Å². The highest BCUT2D eigenvalue weighted by Gasteiger charge is 2.23. The van der Waals surface area contributed by atoms with Crippen LogP contribution in [0, 0.1) is 0 Å². The number of rotatable bonds is 4. The van der Waals surface area contributed by atoms with Gasteiger partial charge in [-0.15, -0.1) is 0 Å². The highest BCUT2D eigenvalue weighted by Crippen LogP contribution is 2.16. The average molecular weight is 250 g/mol. The zero-order valence-electron chi connectivity index (χ0n) is 10.9. The lowest BCUT2D eigenvalue weighted by molar-refractivity contribution is 0.0743. The van der Waals surface area contributed by atoms with Gasteiger partial charge < -0.3 is 15.1 Å². The van der Waals surface area contributed by atoms with Crippen molar-refractivity contribution in [3.8, 4) is 5.75 Å². The zero-order valence-corrected chi connectivity index (χ0v) is 10.9. The fraction of sp³-hybridized carbons (Fsp3) is 0.571. The molecule has 0 amide bonds. The minimum Gasteiger partial charge on any atom is -0.508 e. The van der Waals surface area contributed by atoms with E-state index in [9.17, 15) is 5.11 Å². The maximum Gasteiger partial charge on any atom is 0.115 e. The summed E-state index contributed by atoms with van der Waals surface area (Å²) in [6.45, 7) is 4.16. The summed E-state index contributed by atoms with van der Waals surface area (Å²) >= 11 is 0. The Bertz CT molecular complexity index is 384. The third-order valence-corrected chi connectivity index (χ3v) is 3.64.